The highest BCUT2D eigenvalue weighted by Gasteiger charge is 2.34. The molecule has 0 rings (SSSR count). The van der Waals surface area contributed by atoms with Gasteiger partial charge < -0.3 is 31.9 Å². The SMILES string of the molecule is CCC(C)C(NC(=O)C(N)CCC(=O)O)C(=O)NC(C(=O)NC(C(=O)O)C(C)C)C(C)C. The molecule has 7 N–H and O–H groups in total. The van der Waals surface area contributed by atoms with Gasteiger partial charge in [-0.25, -0.2) is 4.79 Å². The highest BCUT2D eigenvalue weighted by Crippen LogP contribution is 2.12. The van der Waals surface area contributed by atoms with Crippen molar-refractivity contribution >= 4 is 29.7 Å². The number of amides is 3. The summed E-state index contributed by atoms with van der Waals surface area (Å²) in [4.78, 5) is 60.2. The fraction of sp³-hybridized carbons (Fsp3) is 0.762. The molecule has 0 aliphatic carbocycles. The topological polar surface area (TPSA) is 188 Å². The van der Waals surface area contributed by atoms with Gasteiger partial charge >= 0.3 is 11.9 Å². The minimum Gasteiger partial charge on any atom is -0.481 e. The quantitative estimate of drug-likeness (QED) is 0.211. The van der Waals surface area contributed by atoms with Gasteiger partial charge in [0.2, 0.25) is 17.7 Å². The number of carboxylic acids is 2. The molecule has 32 heavy (non-hydrogen) atoms. The Hall–Kier alpha value is -2.69. The van der Waals surface area contributed by atoms with Crippen molar-refractivity contribution in [2.24, 2.45) is 23.5 Å². The summed E-state index contributed by atoms with van der Waals surface area (Å²) in [7, 11) is 0. The second kappa shape index (κ2) is 13.7. The van der Waals surface area contributed by atoms with E-state index in [4.69, 9.17) is 10.8 Å². The van der Waals surface area contributed by atoms with E-state index < -0.39 is 53.8 Å². The molecule has 184 valence electrons. The van der Waals surface area contributed by atoms with Crippen LogP contribution in [0.5, 0.6) is 0 Å². The maximum absolute atomic E-state index is 13.0. The fourth-order valence-electron chi connectivity index (χ4n) is 2.91. The smallest absolute Gasteiger partial charge is 0.326 e. The number of aliphatic carboxylic acids is 2. The Morgan fingerprint density at radius 3 is 1.59 bits per heavy atom. The summed E-state index contributed by atoms with van der Waals surface area (Å²) in [5, 5.41) is 25.7. The van der Waals surface area contributed by atoms with Crippen molar-refractivity contribution in [3.05, 3.63) is 0 Å². The van der Waals surface area contributed by atoms with Crippen molar-refractivity contribution in [3.8, 4) is 0 Å². The first-order valence-corrected chi connectivity index (χ1v) is 10.8. The molecule has 0 spiro atoms. The molecule has 0 aliphatic heterocycles. The highest BCUT2D eigenvalue weighted by atomic mass is 16.4. The van der Waals surface area contributed by atoms with Gasteiger partial charge in [0.05, 0.1) is 6.04 Å². The Morgan fingerprint density at radius 2 is 1.19 bits per heavy atom. The summed E-state index contributed by atoms with van der Waals surface area (Å²) in [6.07, 6.45) is 0.166. The van der Waals surface area contributed by atoms with Crippen LogP contribution < -0.4 is 21.7 Å². The van der Waals surface area contributed by atoms with Crippen LogP contribution in [0.3, 0.4) is 0 Å². The van der Waals surface area contributed by atoms with Crippen LogP contribution in [0.25, 0.3) is 0 Å². The summed E-state index contributed by atoms with van der Waals surface area (Å²) >= 11 is 0. The molecule has 0 saturated heterocycles. The zero-order valence-electron chi connectivity index (χ0n) is 19.7. The molecule has 5 unspecified atom stereocenters. The van der Waals surface area contributed by atoms with Gasteiger partial charge in [-0.15, -0.1) is 0 Å². The van der Waals surface area contributed by atoms with E-state index >= 15 is 0 Å². The molecule has 0 radical (unpaired) electrons. The van der Waals surface area contributed by atoms with E-state index in [0.717, 1.165) is 0 Å². The lowest BCUT2D eigenvalue weighted by Crippen LogP contribution is -2.60. The molecule has 0 fully saturated rings. The van der Waals surface area contributed by atoms with Crippen LogP contribution in [0.1, 0.15) is 60.8 Å². The van der Waals surface area contributed by atoms with E-state index in [9.17, 15) is 29.1 Å². The van der Waals surface area contributed by atoms with Crippen LogP contribution in [-0.2, 0) is 24.0 Å². The molecule has 0 aromatic heterocycles. The largest absolute Gasteiger partial charge is 0.481 e. The number of carbonyl (C=O) groups is 5. The lowest BCUT2D eigenvalue weighted by Gasteiger charge is -2.29. The van der Waals surface area contributed by atoms with Crippen molar-refractivity contribution in [1.29, 1.82) is 0 Å². The summed E-state index contributed by atoms with van der Waals surface area (Å²) in [6, 6.07) is -4.24. The van der Waals surface area contributed by atoms with Crippen molar-refractivity contribution < 1.29 is 34.2 Å². The van der Waals surface area contributed by atoms with E-state index in [2.05, 4.69) is 16.0 Å². The van der Waals surface area contributed by atoms with Gasteiger partial charge in [0.1, 0.15) is 18.1 Å². The first-order chi connectivity index (χ1) is 14.7. The third-order valence-corrected chi connectivity index (χ3v) is 5.28. The average Bonchev–Trinajstić information content (AvgIpc) is 2.70. The Labute approximate surface area is 188 Å². The second-order valence-electron chi connectivity index (χ2n) is 8.71. The Bertz CT molecular complexity index is 681. The first kappa shape index (κ1) is 29.3. The Kier molecular flexibility index (Phi) is 12.5. The average molecular weight is 459 g/mol. The number of nitrogens with two attached hydrogens (primary N) is 1. The highest BCUT2D eigenvalue weighted by molar-refractivity contribution is 5.94. The van der Waals surface area contributed by atoms with Crippen LogP contribution in [0.15, 0.2) is 0 Å². The molecule has 3 amide bonds. The maximum Gasteiger partial charge on any atom is 0.326 e. The molecule has 0 aromatic rings. The molecule has 11 heteroatoms. The van der Waals surface area contributed by atoms with Crippen LogP contribution >= 0.6 is 0 Å². The van der Waals surface area contributed by atoms with Crippen molar-refractivity contribution in [2.45, 2.75) is 85.0 Å². The van der Waals surface area contributed by atoms with Crippen LogP contribution in [0.2, 0.25) is 0 Å². The molecule has 0 aromatic carbocycles. The Balaban J connectivity index is 5.44. The molecule has 5 atom stereocenters. The van der Waals surface area contributed by atoms with Gasteiger partial charge in [-0.05, 0) is 24.2 Å². The number of carboxylic acid groups (broad SMARTS) is 2. The van der Waals surface area contributed by atoms with Crippen LogP contribution in [0.4, 0.5) is 0 Å². The molecule has 11 nitrogen and oxygen atoms in total. The Morgan fingerprint density at radius 1 is 0.750 bits per heavy atom. The van der Waals surface area contributed by atoms with Gasteiger partial charge in [0.15, 0.2) is 0 Å². The van der Waals surface area contributed by atoms with E-state index in [0.29, 0.717) is 6.42 Å². The lowest BCUT2D eigenvalue weighted by atomic mass is 9.95. The molecule has 0 heterocycles. The van der Waals surface area contributed by atoms with E-state index in [1.54, 1.807) is 34.6 Å². The lowest BCUT2D eigenvalue weighted by molar-refractivity contribution is -0.144. The third-order valence-electron chi connectivity index (χ3n) is 5.28. The molecule has 0 aliphatic rings. The summed E-state index contributed by atoms with van der Waals surface area (Å²) in [6.45, 7) is 10.3. The summed E-state index contributed by atoms with van der Waals surface area (Å²) in [5.74, 6) is -5.19. The van der Waals surface area contributed by atoms with Gasteiger partial charge in [-0.2, -0.15) is 0 Å². The molecular weight excluding hydrogens is 420 g/mol. The van der Waals surface area contributed by atoms with Gasteiger partial charge in [-0.1, -0.05) is 48.0 Å². The number of nitrogens with one attached hydrogen (secondary N) is 3. The summed E-state index contributed by atoms with van der Waals surface area (Å²) < 4.78 is 0. The van der Waals surface area contributed by atoms with Crippen LogP contribution in [0, 0.1) is 17.8 Å². The van der Waals surface area contributed by atoms with Crippen molar-refractivity contribution in [3.63, 3.8) is 0 Å². The normalized spacial score (nSPS) is 15.9. The zero-order valence-corrected chi connectivity index (χ0v) is 19.7. The molecule has 0 bridgehead atoms. The number of hydrogen-bond donors (Lipinski definition) is 6. The minimum atomic E-state index is -1.18. The van der Waals surface area contributed by atoms with E-state index in [1.165, 1.54) is 0 Å². The first-order valence-electron chi connectivity index (χ1n) is 10.8. The van der Waals surface area contributed by atoms with E-state index in [-0.39, 0.29) is 30.6 Å². The number of hydrogen-bond acceptors (Lipinski definition) is 6. The third kappa shape index (κ3) is 9.63. The monoisotopic (exact) mass is 458 g/mol. The van der Waals surface area contributed by atoms with Gasteiger partial charge in [0.25, 0.3) is 0 Å². The second-order valence-corrected chi connectivity index (χ2v) is 8.71. The van der Waals surface area contributed by atoms with Crippen molar-refractivity contribution in [1.82, 2.24) is 16.0 Å². The summed E-state index contributed by atoms with van der Waals surface area (Å²) in [5.41, 5.74) is 5.74. The standard InChI is InChI=1S/C21H38N4O7/c1-7-12(6)17(25-18(28)13(22)8-9-14(26)27)20(30)23-15(10(2)3)19(29)24-16(11(4)5)21(31)32/h10-13,15-17H,7-9,22H2,1-6H3,(H,23,30)(H,24,29)(H,25,28)(H,26,27)(H,31,32). The number of carbonyl (C=O) groups excluding carboxylic acids is 3. The molecule has 0 saturated carbocycles. The van der Waals surface area contributed by atoms with Gasteiger partial charge in [-0.3, -0.25) is 19.2 Å². The molecular formula is C21H38N4O7. The zero-order chi connectivity index (χ0) is 25.2. The van der Waals surface area contributed by atoms with Crippen LogP contribution in [-0.4, -0.2) is 64.0 Å². The number of rotatable bonds is 14. The van der Waals surface area contributed by atoms with Crippen molar-refractivity contribution in [2.75, 3.05) is 0 Å². The maximum atomic E-state index is 13.0. The fourth-order valence-corrected chi connectivity index (χ4v) is 2.91. The van der Waals surface area contributed by atoms with E-state index in [1.807, 2.05) is 6.92 Å². The minimum absolute atomic E-state index is 0.0845. The predicted octanol–water partition coefficient (Wildman–Crippen LogP) is 0.0756. The van der Waals surface area contributed by atoms with Gasteiger partial charge in [0, 0.05) is 6.42 Å². The predicted molar refractivity (Wildman–Crippen MR) is 117 cm³/mol.